The van der Waals surface area contributed by atoms with Crippen LogP contribution in [-0.4, -0.2) is 7.11 Å². The number of rotatable bonds is 6. The smallest absolute Gasteiger partial charge is 0.0995 e. The minimum atomic E-state index is -0.0577. The molecule has 0 aliphatic rings. The molecule has 0 aliphatic carbocycles. The zero-order valence-electron chi connectivity index (χ0n) is 16.4. The topological polar surface area (TPSA) is 45.0 Å². The maximum Gasteiger partial charge on any atom is 0.0995 e. The fourth-order valence-corrected chi connectivity index (χ4v) is 2.93. The summed E-state index contributed by atoms with van der Waals surface area (Å²) >= 11 is 0. The highest BCUT2D eigenvalue weighted by molar-refractivity contribution is 5.57. The van der Waals surface area contributed by atoms with E-state index in [9.17, 15) is 5.26 Å². The summed E-state index contributed by atoms with van der Waals surface area (Å²) in [6, 6.07) is 16.6. The highest BCUT2D eigenvalue weighted by Crippen LogP contribution is 2.30. The first kappa shape index (κ1) is 19.8. The number of anilines is 1. The summed E-state index contributed by atoms with van der Waals surface area (Å²) in [6.45, 7) is 13.3. The molecule has 0 radical (unpaired) electrons. The molecule has 136 valence electrons. The maximum atomic E-state index is 9.49. The van der Waals surface area contributed by atoms with Crippen LogP contribution in [0.15, 0.2) is 54.7 Å². The molecule has 3 heteroatoms. The molecule has 0 aromatic heterocycles. The van der Waals surface area contributed by atoms with Gasteiger partial charge in [0, 0.05) is 24.4 Å². The summed E-state index contributed by atoms with van der Waals surface area (Å²) < 4.78 is 5.15. The molecule has 0 saturated heterocycles. The van der Waals surface area contributed by atoms with E-state index in [1.54, 1.807) is 7.11 Å². The van der Waals surface area contributed by atoms with Crippen LogP contribution in [0.2, 0.25) is 0 Å². The second kappa shape index (κ2) is 8.21. The number of nitriles is 1. The molecule has 3 nitrogen and oxygen atoms in total. The van der Waals surface area contributed by atoms with Gasteiger partial charge in [-0.15, -0.1) is 0 Å². The molecule has 0 heterocycles. The zero-order valence-corrected chi connectivity index (χ0v) is 16.4. The minimum absolute atomic E-state index is 0.0577. The molecule has 1 N–H and O–H groups in total. The summed E-state index contributed by atoms with van der Waals surface area (Å²) in [5.74, 6) is 0.152. The van der Waals surface area contributed by atoms with Crippen molar-refractivity contribution < 1.29 is 4.74 Å². The van der Waals surface area contributed by atoms with Gasteiger partial charge in [-0.3, -0.25) is 0 Å². The van der Waals surface area contributed by atoms with E-state index in [0.717, 1.165) is 22.5 Å². The van der Waals surface area contributed by atoms with E-state index in [1.807, 2.05) is 18.2 Å². The van der Waals surface area contributed by atoms with Gasteiger partial charge in [0.15, 0.2) is 0 Å². The second-order valence-electron chi connectivity index (χ2n) is 7.67. The van der Waals surface area contributed by atoms with Gasteiger partial charge >= 0.3 is 0 Å². The summed E-state index contributed by atoms with van der Waals surface area (Å²) in [5, 5.41) is 12.8. The van der Waals surface area contributed by atoms with Crippen LogP contribution in [-0.2, 0) is 16.8 Å². The van der Waals surface area contributed by atoms with Gasteiger partial charge in [0.05, 0.1) is 18.2 Å². The van der Waals surface area contributed by atoms with E-state index in [0.29, 0.717) is 12.2 Å². The lowest BCUT2D eigenvalue weighted by Gasteiger charge is -2.22. The number of nitrogens with zero attached hydrogens (tertiary/aromatic N) is 1. The van der Waals surface area contributed by atoms with Crippen LogP contribution in [0, 0.1) is 11.3 Å². The molecular weight excluding hydrogens is 320 g/mol. The third kappa shape index (κ3) is 4.74. The lowest BCUT2D eigenvalue weighted by Crippen LogP contribution is -2.14. The van der Waals surface area contributed by atoms with E-state index >= 15 is 0 Å². The highest BCUT2D eigenvalue weighted by Gasteiger charge is 2.18. The number of methoxy groups -OCH3 is 1. The number of ether oxygens (including phenoxy) is 1. The van der Waals surface area contributed by atoms with Gasteiger partial charge in [0.2, 0.25) is 0 Å². The first-order valence-corrected chi connectivity index (χ1v) is 8.84. The first-order valence-electron chi connectivity index (χ1n) is 8.84. The van der Waals surface area contributed by atoms with Gasteiger partial charge in [-0.2, -0.15) is 5.26 Å². The summed E-state index contributed by atoms with van der Waals surface area (Å²) in [4.78, 5) is 0. The lowest BCUT2D eigenvalue weighted by atomic mass is 9.84. The van der Waals surface area contributed by atoms with E-state index in [1.165, 1.54) is 5.56 Å². The monoisotopic (exact) mass is 348 g/mol. The van der Waals surface area contributed by atoms with Crippen molar-refractivity contribution in [2.75, 3.05) is 12.4 Å². The lowest BCUT2D eigenvalue weighted by molar-refractivity contribution is 0.185. The molecule has 2 aromatic carbocycles. The molecule has 0 spiro atoms. The first-order chi connectivity index (χ1) is 12.3. The number of nitrogens with one attached hydrogen (secondary N) is 1. The van der Waals surface area contributed by atoms with Crippen molar-refractivity contribution in [3.05, 3.63) is 77.0 Å². The maximum absolute atomic E-state index is 9.49. The average Bonchev–Trinajstić information content (AvgIpc) is 2.61. The van der Waals surface area contributed by atoms with E-state index in [-0.39, 0.29) is 11.3 Å². The van der Waals surface area contributed by atoms with Gasteiger partial charge in [-0.05, 0) is 34.2 Å². The Balaban J connectivity index is 2.15. The van der Waals surface area contributed by atoms with Crippen molar-refractivity contribution in [1.29, 1.82) is 5.26 Å². The average molecular weight is 348 g/mol. The van der Waals surface area contributed by atoms with Crippen LogP contribution in [0.5, 0.6) is 0 Å². The number of hydrogen-bond acceptors (Lipinski definition) is 3. The molecule has 2 aromatic rings. The summed E-state index contributed by atoms with van der Waals surface area (Å²) in [5.41, 5.74) is 5.83. The Bertz CT molecular complexity index is 808. The Kier molecular flexibility index (Phi) is 6.23. The van der Waals surface area contributed by atoms with Crippen molar-refractivity contribution in [3.63, 3.8) is 0 Å². The fourth-order valence-electron chi connectivity index (χ4n) is 2.93. The molecule has 2 rings (SSSR count). The van der Waals surface area contributed by atoms with Crippen molar-refractivity contribution in [2.45, 2.75) is 45.6 Å². The van der Waals surface area contributed by atoms with E-state index < -0.39 is 0 Å². The quantitative estimate of drug-likeness (QED) is 0.725. The molecule has 26 heavy (non-hydrogen) atoms. The van der Waals surface area contributed by atoms with Crippen molar-refractivity contribution in [3.8, 4) is 6.07 Å². The van der Waals surface area contributed by atoms with Crippen LogP contribution in [0.3, 0.4) is 0 Å². The van der Waals surface area contributed by atoms with Crippen LogP contribution < -0.4 is 5.32 Å². The largest absolute Gasteiger partial charge is 0.380 e. The fraction of sp³-hybridized carbons (Fsp3) is 0.348. The number of benzene rings is 2. The van der Waals surface area contributed by atoms with E-state index in [2.05, 4.69) is 69.9 Å². The Morgan fingerprint density at radius 3 is 2.38 bits per heavy atom. The predicted molar refractivity (Wildman–Crippen MR) is 108 cm³/mol. The standard InChI is InChI=1S/C23H28N2O/c1-16(19-9-7-18(8-10-19)15-26-6)17(2)25-21-11-12-22(23(3,4)5)20(13-21)14-24/h7-13,16,25H,2,15H2,1,3-6H3. The minimum Gasteiger partial charge on any atom is -0.380 e. The molecule has 0 saturated carbocycles. The number of hydrogen-bond donors (Lipinski definition) is 1. The second-order valence-corrected chi connectivity index (χ2v) is 7.67. The summed E-state index contributed by atoms with van der Waals surface area (Å²) in [6.07, 6.45) is 0. The SMILES string of the molecule is C=C(Nc1ccc(C(C)(C)C)c(C#N)c1)C(C)c1ccc(COC)cc1. The Morgan fingerprint density at radius 2 is 1.85 bits per heavy atom. The van der Waals surface area contributed by atoms with Crippen LogP contribution in [0.4, 0.5) is 5.69 Å². The van der Waals surface area contributed by atoms with Gasteiger partial charge < -0.3 is 10.1 Å². The van der Waals surface area contributed by atoms with Crippen molar-refractivity contribution in [2.24, 2.45) is 0 Å². The van der Waals surface area contributed by atoms with Crippen LogP contribution in [0.1, 0.15) is 55.9 Å². The Morgan fingerprint density at radius 1 is 1.19 bits per heavy atom. The van der Waals surface area contributed by atoms with Gasteiger partial charge in [0.1, 0.15) is 0 Å². The molecule has 0 bridgehead atoms. The molecular formula is C23H28N2O. The molecule has 1 unspecified atom stereocenters. The van der Waals surface area contributed by atoms with Crippen LogP contribution >= 0.6 is 0 Å². The normalized spacial score (nSPS) is 12.3. The van der Waals surface area contributed by atoms with Crippen molar-refractivity contribution >= 4 is 5.69 Å². The van der Waals surface area contributed by atoms with Crippen LogP contribution in [0.25, 0.3) is 0 Å². The molecule has 0 amide bonds. The molecule has 0 fully saturated rings. The van der Waals surface area contributed by atoms with Gasteiger partial charge in [0.25, 0.3) is 0 Å². The van der Waals surface area contributed by atoms with Gasteiger partial charge in [-0.1, -0.05) is 64.6 Å². The summed E-state index contributed by atoms with van der Waals surface area (Å²) in [7, 11) is 1.70. The zero-order chi connectivity index (χ0) is 19.3. The molecule has 0 aliphatic heterocycles. The third-order valence-corrected chi connectivity index (χ3v) is 4.57. The van der Waals surface area contributed by atoms with E-state index in [4.69, 9.17) is 4.74 Å². The molecule has 1 atom stereocenters. The van der Waals surface area contributed by atoms with Gasteiger partial charge in [-0.25, -0.2) is 0 Å². The highest BCUT2D eigenvalue weighted by atomic mass is 16.5. The van der Waals surface area contributed by atoms with Crippen molar-refractivity contribution in [1.82, 2.24) is 0 Å². The Hall–Kier alpha value is -2.57. The Labute approximate surface area is 157 Å². The predicted octanol–water partition coefficient (Wildman–Crippen LogP) is 5.73. The third-order valence-electron chi connectivity index (χ3n) is 4.57. The number of allylic oxidation sites excluding steroid dienone is 1.